The van der Waals surface area contributed by atoms with Gasteiger partial charge in [0.1, 0.15) is 12.7 Å². The van der Waals surface area contributed by atoms with Gasteiger partial charge in [0, 0.05) is 19.4 Å². The van der Waals surface area contributed by atoms with Crippen molar-refractivity contribution in [3.05, 3.63) is 35.9 Å². The van der Waals surface area contributed by atoms with Gasteiger partial charge in [-0.2, -0.15) is 0 Å². The van der Waals surface area contributed by atoms with Gasteiger partial charge in [-0.15, -0.1) is 0 Å². The summed E-state index contributed by atoms with van der Waals surface area (Å²) in [6, 6.07) is 9.53. The fourth-order valence-electron chi connectivity index (χ4n) is 4.35. The Balaban J connectivity index is 1.95. The number of nitrogens with one attached hydrogen (secondary N) is 1. The fourth-order valence-corrected chi connectivity index (χ4v) is 4.35. The molecule has 1 fully saturated rings. The summed E-state index contributed by atoms with van der Waals surface area (Å²) >= 11 is 0. The van der Waals surface area contributed by atoms with E-state index in [2.05, 4.69) is 12.2 Å². The molecule has 1 amide bonds. The zero-order valence-electron chi connectivity index (χ0n) is 19.8. The fraction of sp³-hybridized carbons (Fsp3) is 0.654. The van der Waals surface area contributed by atoms with Crippen molar-refractivity contribution in [2.75, 3.05) is 7.05 Å². The summed E-state index contributed by atoms with van der Waals surface area (Å²) in [6.45, 7) is 4.32. The maximum absolute atomic E-state index is 13.1. The Kier molecular flexibility index (Phi) is 11.3. The van der Waals surface area contributed by atoms with Crippen molar-refractivity contribution < 1.29 is 23.9 Å². The van der Waals surface area contributed by atoms with Gasteiger partial charge >= 0.3 is 11.9 Å². The van der Waals surface area contributed by atoms with Crippen LogP contribution in [-0.4, -0.2) is 31.0 Å². The van der Waals surface area contributed by atoms with E-state index in [0.29, 0.717) is 19.3 Å². The summed E-state index contributed by atoms with van der Waals surface area (Å²) in [5.41, 5.74) is 0.924. The quantitative estimate of drug-likeness (QED) is 0.348. The highest BCUT2D eigenvalue weighted by atomic mass is 16.5. The Morgan fingerprint density at radius 2 is 1.72 bits per heavy atom. The highest BCUT2D eigenvalue weighted by Crippen LogP contribution is 2.35. The summed E-state index contributed by atoms with van der Waals surface area (Å²) in [7, 11) is 1.61. The molecule has 6 heteroatoms. The molecule has 1 aromatic carbocycles. The van der Waals surface area contributed by atoms with Crippen LogP contribution in [0.4, 0.5) is 0 Å². The molecule has 0 radical (unpaired) electrons. The van der Waals surface area contributed by atoms with Crippen LogP contribution in [0, 0.1) is 17.8 Å². The lowest BCUT2D eigenvalue weighted by Gasteiger charge is -2.26. The molecular weight excluding hydrogens is 406 g/mol. The molecule has 1 aliphatic rings. The van der Waals surface area contributed by atoms with Crippen molar-refractivity contribution in [3.8, 4) is 0 Å². The van der Waals surface area contributed by atoms with Gasteiger partial charge in [-0.25, -0.2) is 0 Å². The van der Waals surface area contributed by atoms with E-state index in [1.54, 1.807) is 7.05 Å². The van der Waals surface area contributed by atoms with Crippen LogP contribution in [0.5, 0.6) is 0 Å². The number of ether oxygens (including phenoxy) is 2. The molecule has 1 aromatic rings. The Bertz CT molecular complexity index is 720. The summed E-state index contributed by atoms with van der Waals surface area (Å²) < 4.78 is 11.4. The van der Waals surface area contributed by atoms with Gasteiger partial charge in [0.05, 0.1) is 11.8 Å². The van der Waals surface area contributed by atoms with Crippen LogP contribution in [0.15, 0.2) is 30.3 Å². The number of amides is 1. The average molecular weight is 446 g/mol. The van der Waals surface area contributed by atoms with E-state index in [4.69, 9.17) is 9.47 Å². The predicted octanol–water partition coefficient (Wildman–Crippen LogP) is 4.80. The molecule has 1 aliphatic carbocycles. The van der Waals surface area contributed by atoms with Crippen molar-refractivity contribution in [3.63, 3.8) is 0 Å². The van der Waals surface area contributed by atoms with Crippen LogP contribution < -0.4 is 5.32 Å². The minimum absolute atomic E-state index is 0.0599. The average Bonchev–Trinajstić information content (AvgIpc) is 3.30. The molecule has 0 aliphatic heterocycles. The van der Waals surface area contributed by atoms with Crippen molar-refractivity contribution in [1.29, 1.82) is 0 Å². The third-order valence-corrected chi connectivity index (χ3v) is 6.38. The third kappa shape index (κ3) is 8.29. The summed E-state index contributed by atoms with van der Waals surface area (Å²) in [5, 5.41) is 2.64. The first-order chi connectivity index (χ1) is 15.5. The number of carbonyl (C=O) groups excluding carboxylic acids is 3. The molecule has 4 atom stereocenters. The zero-order chi connectivity index (χ0) is 23.3. The minimum atomic E-state index is -0.469. The highest BCUT2D eigenvalue weighted by Gasteiger charge is 2.41. The Morgan fingerprint density at radius 1 is 1.03 bits per heavy atom. The smallest absolute Gasteiger partial charge is 0.310 e. The number of carbonyl (C=O) groups is 3. The second-order valence-electron chi connectivity index (χ2n) is 8.92. The summed E-state index contributed by atoms with van der Waals surface area (Å²) in [5.74, 6) is -1.72. The molecule has 2 rings (SSSR count). The normalized spacial score (nSPS) is 19.7. The number of unbranched alkanes of at least 4 members (excludes halogenated alkanes) is 3. The first kappa shape index (κ1) is 25.9. The number of esters is 2. The SMILES string of the molecule is CCCCCC[C@H](OC(=O)[C@@H]1CCCC1C(=O)OCc1ccccc1)[C@H](C)CC(=O)NC. The lowest BCUT2D eigenvalue weighted by molar-refractivity contribution is -0.165. The van der Waals surface area contributed by atoms with Gasteiger partial charge in [0.2, 0.25) is 5.91 Å². The van der Waals surface area contributed by atoms with E-state index in [1.165, 1.54) is 0 Å². The monoisotopic (exact) mass is 445 g/mol. The Labute approximate surface area is 192 Å². The van der Waals surface area contributed by atoms with Gasteiger partial charge in [-0.05, 0) is 31.2 Å². The lowest BCUT2D eigenvalue weighted by atomic mass is 9.93. The van der Waals surface area contributed by atoms with Crippen LogP contribution in [0.2, 0.25) is 0 Å². The van der Waals surface area contributed by atoms with Crippen LogP contribution in [0.25, 0.3) is 0 Å². The first-order valence-corrected chi connectivity index (χ1v) is 12.1. The number of hydrogen-bond donors (Lipinski definition) is 1. The van der Waals surface area contributed by atoms with Crippen molar-refractivity contribution >= 4 is 17.8 Å². The van der Waals surface area contributed by atoms with Gasteiger partial charge in [-0.3, -0.25) is 14.4 Å². The predicted molar refractivity (Wildman–Crippen MR) is 124 cm³/mol. The standard InChI is InChI=1S/C26H39NO5/c1-4-5-6-10-16-23(19(2)17-24(28)27-3)32-26(30)22-15-11-14-21(22)25(29)31-18-20-12-8-7-9-13-20/h7-9,12-13,19,21-23H,4-6,10-11,14-18H2,1-3H3,(H,27,28)/t19-,21?,22-,23+/m1/s1. The number of hydrogen-bond acceptors (Lipinski definition) is 5. The molecular formula is C26H39NO5. The minimum Gasteiger partial charge on any atom is -0.462 e. The van der Waals surface area contributed by atoms with Crippen LogP contribution in [0.3, 0.4) is 0 Å². The van der Waals surface area contributed by atoms with Crippen LogP contribution in [-0.2, 0) is 30.5 Å². The van der Waals surface area contributed by atoms with E-state index < -0.39 is 11.8 Å². The second-order valence-corrected chi connectivity index (χ2v) is 8.92. The van der Waals surface area contributed by atoms with E-state index in [9.17, 15) is 14.4 Å². The topological polar surface area (TPSA) is 81.7 Å². The van der Waals surface area contributed by atoms with E-state index >= 15 is 0 Å². The second kappa shape index (κ2) is 13.9. The van der Waals surface area contributed by atoms with Gasteiger partial charge < -0.3 is 14.8 Å². The summed E-state index contributed by atoms with van der Waals surface area (Å²) in [4.78, 5) is 37.6. The van der Waals surface area contributed by atoms with Crippen molar-refractivity contribution in [2.24, 2.45) is 17.8 Å². The van der Waals surface area contributed by atoms with E-state index in [1.807, 2.05) is 37.3 Å². The lowest BCUT2D eigenvalue weighted by Crippen LogP contribution is -2.35. The highest BCUT2D eigenvalue weighted by molar-refractivity contribution is 5.83. The third-order valence-electron chi connectivity index (χ3n) is 6.38. The molecule has 1 saturated carbocycles. The molecule has 178 valence electrons. The van der Waals surface area contributed by atoms with Gasteiger partial charge in [0.15, 0.2) is 0 Å². The van der Waals surface area contributed by atoms with Crippen molar-refractivity contribution in [2.45, 2.75) is 84.3 Å². The zero-order valence-corrected chi connectivity index (χ0v) is 19.8. The molecule has 0 heterocycles. The molecule has 0 spiro atoms. The van der Waals surface area contributed by atoms with Gasteiger partial charge in [-0.1, -0.05) is 69.9 Å². The Morgan fingerprint density at radius 3 is 2.38 bits per heavy atom. The molecule has 0 aromatic heterocycles. The van der Waals surface area contributed by atoms with Crippen LogP contribution in [0.1, 0.15) is 77.2 Å². The first-order valence-electron chi connectivity index (χ1n) is 12.1. The maximum Gasteiger partial charge on any atom is 0.310 e. The number of rotatable bonds is 13. The molecule has 6 nitrogen and oxygen atoms in total. The van der Waals surface area contributed by atoms with Gasteiger partial charge in [0.25, 0.3) is 0 Å². The number of benzene rings is 1. The Hall–Kier alpha value is -2.37. The van der Waals surface area contributed by atoms with E-state index in [0.717, 1.165) is 44.1 Å². The summed E-state index contributed by atoms with van der Waals surface area (Å²) in [6.07, 6.45) is 7.12. The molecule has 1 N–H and O–H groups in total. The molecule has 32 heavy (non-hydrogen) atoms. The maximum atomic E-state index is 13.1. The van der Waals surface area contributed by atoms with E-state index in [-0.39, 0.29) is 36.5 Å². The van der Waals surface area contributed by atoms with Crippen molar-refractivity contribution in [1.82, 2.24) is 5.32 Å². The molecule has 1 unspecified atom stereocenters. The molecule has 0 saturated heterocycles. The molecule has 0 bridgehead atoms. The van der Waals surface area contributed by atoms with Crippen LogP contribution >= 0.6 is 0 Å². The largest absolute Gasteiger partial charge is 0.462 e.